The molecule has 4 heteroatoms. The number of amides is 2. The fourth-order valence-electron chi connectivity index (χ4n) is 3.50. The lowest BCUT2D eigenvalue weighted by atomic mass is 9.99. The molecule has 0 aromatic carbocycles. The van der Waals surface area contributed by atoms with E-state index in [0.29, 0.717) is 18.9 Å². The van der Waals surface area contributed by atoms with Crippen LogP contribution in [-0.2, 0) is 9.59 Å². The second kappa shape index (κ2) is 6.40. The van der Waals surface area contributed by atoms with Crippen LogP contribution in [-0.4, -0.2) is 35.8 Å². The summed E-state index contributed by atoms with van der Waals surface area (Å²) in [6.45, 7) is 5.37. The van der Waals surface area contributed by atoms with E-state index in [-0.39, 0.29) is 17.9 Å². The molecule has 4 nitrogen and oxygen atoms in total. The van der Waals surface area contributed by atoms with Gasteiger partial charge in [-0.05, 0) is 37.5 Å². The number of carbonyl (C=O) groups excluding carboxylic acids is 2. The number of hydrogen-bond donors (Lipinski definition) is 1. The lowest BCUT2D eigenvalue weighted by Gasteiger charge is -2.33. The van der Waals surface area contributed by atoms with Gasteiger partial charge in [0.2, 0.25) is 11.8 Å². The van der Waals surface area contributed by atoms with Gasteiger partial charge in [-0.3, -0.25) is 9.59 Å². The Morgan fingerprint density at radius 2 is 2.05 bits per heavy atom. The van der Waals surface area contributed by atoms with E-state index in [0.717, 1.165) is 25.3 Å². The smallest absolute Gasteiger partial charge is 0.222 e. The van der Waals surface area contributed by atoms with Crippen molar-refractivity contribution < 1.29 is 9.59 Å². The van der Waals surface area contributed by atoms with Gasteiger partial charge in [0.15, 0.2) is 0 Å². The van der Waals surface area contributed by atoms with Crippen molar-refractivity contribution in [2.45, 2.75) is 58.4 Å². The molecule has 1 saturated carbocycles. The van der Waals surface area contributed by atoms with E-state index >= 15 is 0 Å². The normalized spacial score (nSPS) is 31.3. The molecule has 108 valence electrons. The average molecular weight is 266 g/mol. The van der Waals surface area contributed by atoms with Crippen molar-refractivity contribution in [2.24, 2.45) is 11.8 Å². The van der Waals surface area contributed by atoms with Gasteiger partial charge in [0.05, 0.1) is 0 Å². The maximum Gasteiger partial charge on any atom is 0.222 e. The number of hydrogen-bond acceptors (Lipinski definition) is 2. The van der Waals surface area contributed by atoms with E-state index in [1.54, 1.807) is 6.92 Å². The van der Waals surface area contributed by atoms with Crippen molar-refractivity contribution in [2.75, 3.05) is 13.1 Å². The molecule has 19 heavy (non-hydrogen) atoms. The minimum Gasteiger partial charge on any atom is -0.352 e. The zero-order valence-electron chi connectivity index (χ0n) is 12.2. The average Bonchev–Trinajstić information content (AvgIpc) is 2.74. The lowest BCUT2D eigenvalue weighted by Crippen LogP contribution is -2.49. The van der Waals surface area contributed by atoms with Gasteiger partial charge in [-0.1, -0.05) is 13.3 Å². The number of carbonyl (C=O) groups is 2. The van der Waals surface area contributed by atoms with Gasteiger partial charge >= 0.3 is 0 Å². The highest BCUT2D eigenvalue weighted by Crippen LogP contribution is 2.33. The molecule has 0 radical (unpaired) electrons. The zero-order chi connectivity index (χ0) is 13.8. The molecule has 0 aromatic rings. The third-order valence-corrected chi connectivity index (χ3v) is 4.45. The molecule has 3 unspecified atom stereocenters. The molecule has 0 spiro atoms. The summed E-state index contributed by atoms with van der Waals surface area (Å²) in [6.07, 6.45) is 6.37. The Hall–Kier alpha value is -1.06. The SMILES string of the molecule is CC(=O)NC1CCCN(C(=O)CC2CCC(C)C2)C1. The third-order valence-electron chi connectivity index (χ3n) is 4.45. The van der Waals surface area contributed by atoms with E-state index in [9.17, 15) is 9.59 Å². The van der Waals surface area contributed by atoms with Gasteiger partial charge in [-0.15, -0.1) is 0 Å². The Bertz CT molecular complexity index is 343. The number of nitrogens with one attached hydrogen (secondary N) is 1. The van der Waals surface area contributed by atoms with Crippen molar-refractivity contribution in [3.05, 3.63) is 0 Å². The molecule has 1 aliphatic carbocycles. The fraction of sp³-hybridized carbons (Fsp3) is 0.867. The Kier molecular flexibility index (Phi) is 4.83. The van der Waals surface area contributed by atoms with Crippen LogP contribution in [0, 0.1) is 11.8 Å². The van der Waals surface area contributed by atoms with Gasteiger partial charge in [-0.25, -0.2) is 0 Å². The number of rotatable bonds is 3. The minimum absolute atomic E-state index is 0.00363. The van der Waals surface area contributed by atoms with Gasteiger partial charge in [0.25, 0.3) is 0 Å². The Morgan fingerprint density at radius 1 is 1.26 bits per heavy atom. The summed E-state index contributed by atoms with van der Waals surface area (Å²) >= 11 is 0. The molecule has 2 amide bonds. The quantitative estimate of drug-likeness (QED) is 0.848. The molecular weight excluding hydrogens is 240 g/mol. The second-order valence-electron chi connectivity index (χ2n) is 6.37. The van der Waals surface area contributed by atoms with Gasteiger partial charge in [0, 0.05) is 32.5 Å². The monoisotopic (exact) mass is 266 g/mol. The summed E-state index contributed by atoms with van der Waals surface area (Å²) in [5.41, 5.74) is 0. The van der Waals surface area contributed by atoms with Crippen LogP contribution in [0.5, 0.6) is 0 Å². The van der Waals surface area contributed by atoms with Crippen LogP contribution in [0.25, 0.3) is 0 Å². The second-order valence-corrected chi connectivity index (χ2v) is 6.37. The van der Waals surface area contributed by atoms with E-state index < -0.39 is 0 Å². The largest absolute Gasteiger partial charge is 0.352 e. The van der Waals surface area contributed by atoms with Crippen LogP contribution < -0.4 is 5.32 Å². The van der Waals surface area contributed by atoms with Gasteiger partial charge in [0.1, 0.15) is 0 Å². The molecule has 1 aliphatic heterocycles. The van der Waals surface area contributed by atoms with Gasteiger partial charge < -0.3 is 10.2 Å². The third kappa shape index (κ3) is 4.22. The molecule has 0 aromatic heterocycles. The highest BCUT2D eigenvalue weighted by Gasteiger charge is 2.28. The number of piperidine rings is 1. The Labute approximate surface area is 115 Å². The van der Waals surface area contributed by atoms with Crippen LogP contribution in [0.3, 0.4) is 0 Å². The molecule has 1 N–H and O–H groups in total. The van der Waals surface area contributed by atoms with Crippen LogP contribution >= 0.6 is 0 Å². The first-order valence-corrected chi connectivity index (χ1v) is 7.59. The molecular formula is C15H26N2O2. The van der Waals surface area contributed by atoms with Crippen LogP contribution in [0.15, 0.2) is 0 Å². The van der Waals surface area contributed by atoms with Crippen molar-refractivity contribution in [1.29, 1.82) is 0 Å². The van der Waals surface area contributed by atoms with E-state index in [1.165, 1.54) is 19.3 Å². The predicted molar refractivity (Wildman–Crippen MR) is 74.5 cm³/mol. The van der Waals surface area contributed by atoms with E-state index in [4.69, 9.17) is 0 Å². The molecule has 1 saturated heterocycles. The molecule has 2 rings (SSSR count). The standard InChI is InChI=1S/C15H26N2O2/c1-11-5-6-13(8-11)9-15(19)17-7-3-4-14(10-17)16-12(2)18/h11,13-14H,3-10H2,1-2H3,(H,16,18). The lowest BCUT2D eigenvalue weighted by molar-refractivity contribution is -0.134. The summed E-state index contributed by atoms with van der Waals surface area (Å²) in [5.74, 6) is 1.66. The fourth-order valence-corrected chi connectivity index (χ4v) is 3.50. The highest BCUT2D eigenvalue weighted by atomic mass is 16.2. The molecule has 2 aliphatic rings. The van der Waals surface area contributed by atoms with Crippen molar-refractivity contribution in [1.82, 2.24) is 10.2 Å². The number of likely N-dealkylation sites (tertiary alicyclic amines) is 1. The summed E-state index contributed by atoms with van der Waals surface area (Å²) in [6, 6.07) is 0.151. The van der Waals surface area contributed by atoms with E-state index in [1.807, 2.05) is 4.90 Å². The van der Waals surface area contributed by atoms with Crippen LogP contribution in [0.2, 0.25) is 0 Å². The first kappa shape index (κ1) is 14.4. The van der Waals surface area contributed by atoms with Crippen LogP contribution in [0.1, 0.15) is 52.4 Å². The van der Waals surface area contributed by atoms with Gasteiger partial charge in [-0.2, -0.15) is 0 Å². The number of nitrogens with zero attached hydrogens (tertiary/aromatic N) is 1. The van der Waals surface area contributed by atoms with Crippen molar-refractivity contribution >= 4 is 11.8 Å². The van der Waals surface area contributed by atoms with Crippen molar-refractivity contribution in [3.63, 3.8) is 0 Å². The molecule has 2 fully saturated rings. The molecule has 0 bridgehead atoms. The predicted octanol–water partition coefficient (Wildman–Crippen LogP) is 1.94. The Morgan fingerprint density at radius 3 is 2.68 bits per heavy atom. The first-order valence-electron chi connectivity index (χ1n) is 7.59. The summed E-state index contributed by atoms with van der Waals surface area (Å²) in [4.78, 5) is 25.3. The molecule has 1 heterocycles. The maximum atomic E-state index is 12.3. The Balaban J connectivity index is 1.80. The minimum atomic E-state index is 0.00363. The van der Waals surface area contributed by atoms with Crippen LogP contribution in [0.4, 0.5) is 0 Å². The zero-order valence-corrected chi connectivity index (χ0v) is 12.2. The maximum absolute atomic E-state index is 12.3. The summed E-state index contributed by atoms with van der Waals surface area (Å²) in [7, 11) is 0. The summed E-state index contributed by atoms with van der Waals surface area (Å²) < 4.78 is 0. The summed E-state index contributed by atoms with van der Waals surface area (Å²) in [5, 5.41) is 2.93. The highest BCUT2D eigenvalue weighted by molar-refractivity contribution is 5.77. The topological polar surface area (TPSA) is 49.4 Å². The molecule has 3 atom stereocenters. The van der Waals surface area contributed by atoms with E-state index in [2.05, 4.69) is 12.2 Å². The van der Waals surface area contributed by atoms with Crippen molar-refractivity contribution in [3.8, 4) is 0 Å². The first-order chi connectivity index (χ1) is 9.04.